The van der Waals surface area contributed by atoms with Gasteiger partial charge in [-0.2, -0.15) is 0 Å². The number of hydrogen-bond acceptors (Lipinski definition) is 5. The van der Waals surface area contributed by atoms with Crippen molar-refractivity contribution in [1.29, 1.82) is 0 Å². The summed E-state index contributed by atoms with van der Waals surface area (Å²) in [5, 5.41) is 13.9. The molecule has 6 rings (SSSR count). The van der Waals surface area contributed by atoms with Crippen molar-refractivity contribution < 1.29 is 24.2 Å². The average Bonchev–Trinajstić information content (AvgIpc) is 2.97. The smallest absolute Gasteiger partial charge is 0.325 e. The fourth-order valence-corrected chi connectivity index (χ4v) is 11.8. The summed E-state index contributed by atoms with van der Waals surface area (Å²) < 4.78 is 5.99. The number of ketones is 1. The van der Waals surface area contributed by atoms with Crippen molar-refractivity contribution in [3.8, 4) is 0 Å². The van der Waals surface area contributed by atoms with Crippen molar-refractivity contribution >= 4 is 23.4 Å². The first kappa shape index (κ1) is 31.4. The Hall–Kier alpha value is -2.63. The molecule has 5 aliphatic carbocycles. The fraction of sp³-hybridized carbons (Fsp3) is 0.711. The molecule has 1 aromatic carbocycles. The summed E-state index contributed by atoms with van der Waals surface area (Å²) in [6.45, 7) is 16.0. The van der Waals surface area contributed by atoms with Crippen LogP contribution >= 0.6 is 0 Å². The number of carbonyl (C=O) groups excluding carboxylic acids is 2. The van der Waals surface area contributed by atoms with Crippen LogP contribution in [-0.4, -0.2) is 35.5 Å². The minimum absolute atomic E-state index is 0.0274. The van der Waals surface area contributed by atoms with Gasteiger partial charge in [0.05, 0.1) is 0 Å². The van der Waals surface area contributed by atoms with Gasteiger partial charge in [-0.25, -0.2) is 0 Å². The van der Waals surface area contributed by atoms with Gasteiger partial charge in [0, 0.05) is 11.6 Å². The lowest BCUT2D eigenvalue weighted by Gasteiger charge is -2.70. The molecule has 0 aromatic heterocycles. The van der Waals surface area contributed by atoms with Crippen LogP contribution in [0.15, 0.2) is 42.0 Å². The highest BCUT2D eigenvalue weighted by Gasteiger charge is 2.72. The predicted molar refractivity (Wildman–Crippen MR) is 172 cm³/mol. The molecule has 240 valence electrons. The van der Waals surface area contributed by atoms with E-state index in [1.807, 2.05) is 30.3 Å². The molecular formula is C38H53NO5. The zero-order chi connectivity index (χ0) is 31.9. The molecule has 0 spiro atoms. The van der Waals surface area contributed by atoms with Crippen LogP contribution in [0.2, 0.25) is 0 Å². The third kappa shape index (κ3) is 4.28. The van der Waals surface area contributed by atoms with Crippen LogP contribution in [0.3, 0.4) is 0 Å². The van der Waals surface area contributed by atoms with Crippen molar-refractivity contribution in [3.05, 3.63) is 42.0 Å². The Kier molecular flexibility index (Phi) is 7.45. The molecule has 4 fully saturated rings. The van der Waals surface area contributed by atoms with E-state index in [1.165, 1.54) is 24.8 Å². The number of nitrogens with one attached hydrogen (secondary N) is 1. The van der Waals surface area contributed by atoms with E-state index in [1.54, 1.807) is 6.92 Å². The minimum Gasteiger partial charge on any atom is -0.481 e. The fourth-order valence-electron chi connectivity index (χ4n) is 11.8. The number of aliphatic carboxylic acids is 1. The second-order valence-corrected chi connectivity index (χ2v) is 16.6. The summed E-state index contributed by atoms with van der Waals surface area (Å²) in [5.74, 6) is -0.111. The number of esters is 1. The number of carbonyl (C=O) groups is 3. The Labute approximate surface area is 263 Å². The molecule has 6 heteroatoms. The summed E-state index contributed by atoms with van der Waals surface area (Å²) in [4.78, 5) is 40.8. The standard InChI is InChI=1S/C38H53NO5/c1-23-13-16-34(3)19-20-36(5)26(31(34)24(23)2)21-27(40)32-35(4)17-15-29(44-30(41)22-39-25-11-9-8-10-12-25)38(7,33(42)43)28(35)14-18-37(32,36)6/h8-12,21,23-24,28-29,31-32,39H,13-20,22H2,1-7H3,(H,42,43)/t23-,24+,28-,29-,31+,32-,34-,35+,36-,37-,38-/m1/s1. The Morgan fingerprint density at radius 1 is 0.932 bits per heavy atom. The Morgan fingerprint density at radius 3 is 2.32 bits per heavy atom. The first-order valence-corrected chi connectivity index (χ1v) is 17.1. The van der Waals surface area contributed by atoms with Gasteiger partial charge in [0.1, 0.15) is 18.1 Å². The maximum Gasteiger partial charge on any atom is 0.325 e. The summed E-state index contributed by atoms with van der Waals surface area (Å²) in [7, 11) is 0. The first-order valence-electron chi connectivity index (χ1n) is 17.1. The molecule has 0 saturated heterocycles. The normalized spacial score (nSPS) is 46.3. The zero-order valence-electron chi connectivity index (χ0n) is 27.9. The largest absolute Gasteiger partial charge is 0.481 e. The Balaban J connectivity index is 1.32. The van der Waals surface area contributed by atoms with E-state index >= 15 is 0 Å². The van der Waals surface area contributed by atoms with Gasteiger partial charge in [-0.3, -0.25) is 14.4 Å². The maximum absolute atomic E-state index is 14.6. The highest BCUT2D eigenvalue weighted by molar-refractivity contribution is 5.96. The molecule has 0 unspecified atom stereocenters. The van der Waals surface area contributed by atoms with Crippen LogP contribution < -0.4 is 5.32 Å². The highest BCUT2D eigenvalue weighted by atomic mass is 16.5. The van der Waals surface area contributed by atoms with E-state index in [2.05, 4.69) is 52.9 Å². The van der Waals surface area contributed by atoms with Gasteiger partial charge in [-0.15, -0.1) is 0 Å². The number of fused-ring (bicyclic) bond motifs is 7. The Morgan fingerprint density at radius 2 is 1.64 bits per heavy atom. The molecule has 44 heavy (non-hydrogen) atoms. The van der Waals surface area contributed by atoms with Crippen molar-refractivity contribution in [2.45, 2.75) is 106 Å². The van der Waals surface area contributed by atoms with Gasteiger partial charge >= 0.3 is 11.9 Å². The summed E-state index contributed by atoms with van der Waals surface area (Å²) in [5.41, 5.74) is 0.321. The van der Waals surface area contributed by atoms with Gasteiger partial charge in [0.2, 0.25) is 0 Å². The van der Waals surface area contributed by atoms with Crippen LogP contribution in [0, 0.1) is 56.7 Å². The molecule has 0 radical (unpaired) electrons. The van der Waals surface area contributed by atoms with Crippen LogP contribution in [0.4, 0.5) is 5.69 Å². The van der Waals surface area contributed by atoms with E-state index in [0.717, 1.165) is 18.5 Å². The molecule has 0 aliphatic heterocycles. The topological polar surface area (TPSA) is 92.7 Å². The number of allylic oxidation sites excluding steroid dienone is 2. The number of hydrogen-bond donors (Lipinski definition) is 2. The van der Waals surface area contributed by atoms with E-state index in [9.17, 15) is 19.5 Å². The third-order valence-corrected chi connectivity index (χ3v) is 14.7. The van der Waals surface area contributed by atoms with Gasteiger partial charge in [0.25, 0.3) is 0 Å². The van der Waals surface area contributed by atoms with Crippen molar-refractivity contribution in [3.63, 3.8) is 0 Å². The van der Waals surface area contributed by atoms with E-state index < -0.39 is 28.9 Å². The summed E-state index contributed by atoms with van der Waals surface area (Å²) >= 11 is 0. The average molecular weight is 604 g/mol. The summed E-state index contributed by atoms with van der Waals surface area (Å²) in [6, 6.07) is 9.45. The van der Waals surface area contributed by atoms with Crippen LogP contribution in [-0.2, 0) is 19.1 Å². The SMILES string of the molecule is C[C@H]1[C@H](C)CC[C@]2(C)CC[C@]3(C)C(=CC(=O)[C@@H]4[C@@]5(C)CC[C@@H](OC(=O)CNc6ccccc6)[C@](C)(C(=O)O)[C@@H]5CC[C@]43C)[C@H]12. The number of para-hydroxylation sites is 1. The molecule has 11 atom stereocenters. The first-order chi connectivity index (χ1) is 20.6. The minimum atomic E-state index is -1.28. The second kappa shape index (κ2) is 10.5. The molecule has 2 N–H and O–H groups in total. The van der Waals surface area contributed by atoms with E-state index in [-0.39, 0.29) is 40.4 Å². The number of carboxylic acids is 1. The predicted octanol–water partition coefficient (Wildman–Crippen LogP) is 7.93. The lowest BCUT2D eigenvalue weighted by atomic mass is 9.33. The van der Waals surface area contributed by atoms with Crippen LogP contribution in [0.1, 0.15) is 99.8 Å². The van der Waals surface area contributed by atoms with E-state index in [0.29, 0.717) is 37.0 Å². The maximum atomic E-state index is 14.6. The van der Waals surface area contributed by atoms with Crippen molar-refractivity contribution in [2.75, 3.05) is 11.9 Å². The molecule has 0 amide bonds. The lowest BCUT2D eigenvalue weighted by Crippen LogP contribution is -2.68. The highest BCUT2D eigenvalue weighted by Crippen LogP contribution is 2.75. The number of anilines is 1. The molecule has 0 bridgehead atoms. The molecule has 6 nitrogen and oxygen atoms in total. The Bertz CT molecular complexity index is 1370. The van der Waals surface area contributed by atoms with Gasteiger partial charge < -0.3 is 15.2 Å². The lowest BCUT2D eigenvalue weighted by molar-refractivity contribution is -0.221. The summed E-state index contributed by atoms with van der Waals surface area (Å²) in [6.07, 6.45) is 8.70. The number of ether oxygens (including phenoxy) is 1. The van der Waals surface area contributed by atoms with Crippen LogP contribution in [0.5, 0.6) is 0 Å². The second-order valence-electron chi connectivity index (χ2n) is 16.6. The molecule has 1 aromatic rings. The molecule has 4 saturated carbocycles. The monoisotopic (exact) mass is 603 g/mol. The zero-order valence-corrected chi connectivity index (χ0v) is 27.9. The van der Waals surface area contributed by atoms with Gasteiger partial charge in [0.15, 0.2) is 5.78 Å². The quantitative estimate of drug-likeness (QED) is 0.332. The molecule has 5 aliphatic rings. The van der Waals surface area contributed by atoms with Gasteiger partial charge in [-0.1, -0.05) is 65.3 Å². The number of carboxylic acid groups (broad SMARTS) is 1. The molecular weight excluding hydrogens is 550 g/mol. The van der Waals surface area contributed by atoms with E-state index in [4.69, 9.17) is 4.74 Å². The van der Waals surface area contributed by atoms with Crippen LogP contribution in [0.25, 0.3) is 0 Å². The van der Waals surface area contributed by atoms with Crippen molar-refractivity contribution in [2.24, 2.45) is 56.7 Å². The van der Waals surface area contributed by atoms with Gasteiger partial charge in [-0.05, 0) is 122 Å². The molecule has 0 heterocycles. The number of rotatable bonds is 5. The third-order valence-electron chi connectivity index (χ3n) is 14.7. The number of benzene rings is 1. The van der Waals surface area contributed by atoms with Crippen molar-refractivity contribution in [1.82, 2.24) is 0 Å².